The van der Waals surface area contributed by atoms with Crippen LogP contribution >= 0.6 is 0 Å². The fourth-order valence-corrected chi connectivity index (χ4v) is 5.00. The first kappa shape index (κ1) is 26.7. The van der Waals surface area contributed by atoms with Crippen molar-refractivity contribution >= 4 is 22.3 Å². The molecule has 4 aromatic rings. The molecule has 0 bridgehead atoms. The molecule has 0 aliphatic carbocycles. The van der Waals surface area contributed by atoms with E-state index in [1.807, 2.05) is 60.7 Å². The molecule has 1 aliphatic heterocycles. The van der Waals surface area contributed by atoms with Crippen molar-refractivity contribution in [1.29, 1.82) is 0 Å². The van der Waals surface area contributed by atoms with E-state index in [1.165, 1.54) is 0 Å². The van der Waals surface area contributed by atoms with Crippen molar-refractivity contribution < 1.29 is 38.0 Å². The first-order chi connectivity index (χ1) is 19.5. The lowest BCUT2D eigenvalue weighted by molar-refractivity contribution is -0.133. The summed E-state index contributed by atoms with van der Waals surface area (Å²) in [7, 11) is 9.53. The number of rotatable bonds is 8. The topological polar surface area (TPSA) is 81.7 Å². The van der Waals surface area contributed by atoms with Gasteiger partial charge in [-0.25, -0.2) is 0 Å². The van der Waals surface area contributed by atoms with E-state index in [9.17, 15) is 4.79 Å². The number of benzene rings is 4. The van der Waals surface area contributed by atoms with Gasteiger partial charge in [-0.2, -0.15) is 0 Å². The van der Waals surface area contributed by atoms with Crippen molar-refractivity contribution in [3.63, 3.8) is 0 Å². The van der Waals surface area contributed by atoms with Crippen LogP contribution in [0.5, 0.6) is 40.2 Å². The number of ether oxygens (including phenoxy) is 7. The van der Waals surface area contributed by atoms with Gasteiger partial charge in [0.05, 0.1) is 49.1 Å². The maximum atomic E-state index is 12.9. The number of hydrogen-bond acceptors (Lipinski definition) is 8. The number of carbonyl (C=O) groups excluding carboxylic acids is 1. The van der Waals surface area contributed by atoms with Crippen molar-refractivity contribution in [3.8, 4) is 51.4 Å². The van der Waals surface area contributed by atoms with Gasteiger partial charge in [-0.3, -0.25) is 4.79 Å². The summed E-state index contributed by atoms with van der Waals surface area (Å²) in [5.74, 6) is 3.51. The number of esters is 1. The van der Waals surface area contributed by atoms with Crippen LogP contribution in [0.25, 0.3) is 27.5 Å². The third kappa shape index (κ3) is 4.62. The number of fused-ring (bicyclic) bond motifs is 3. The van der Waals surface area contributed by atoms with E-state index in [0.29, 0.717) is 45.6 Å². The highest BCUT2D eigenvalue weighted by molar-refractivity contribution is 6.08. The molecule has 0 fully saturated rings. The lowest BCUT2D eigenvalue weighted by Crippen LogP contribution is -2.06. The van der Waals surface area contributed by atoms with Crippen LogP contribution in [0.15, 0.2) is 60.7 Å². The van der Waals surface area contributed by atoms with E-state index in [1.54, 1.807) is 42.7 Å². The summed E-state index contributed by atoms with van der Waals surface area (Å²) in [5, 5.41) is 1.51. The van der Waals surface area contributed by atoms with E-state index in [0.717, 1.165) is 33.2 Å². The Morgan fingerprint density at radius 3 is 1.62 bits per heavy atom. The van der Waals surface area contributed by atoms with Gasteiger partial charge in [0.2, 0.25) is 0 Å². The lowest BCUT2D eigenvalue weighted by Gasteiger charge is -2.20. The minimum absolute atomic E-state index is 0.0961. The quantitative estimate of drug-likeness (QED) is 0.190. The van der Waals surface area contributed by atoms with Crippen LogP contribution in [-0.2, 0) is 4.79 Å². The minimum atomic E-state index is -0.369. The molecule has 40 heavy (non-hydrogen) atoms. The summed E-state index contributed by atoms with van der Waals surface area (Å²) in [4.78, 5) is 12.9. The highest BCUT2D eigenvalue weighted by atomic mass is 16.5. The SMILES string of the molecule is COc1ccc(C2=CCC(=O)Oc3c2cc(-c2ccc(OC)c(OC)c2)c2cc(OC)c(OC)cc32)cc1OC. The van der Waals surface area contributed by atoms with Crippen LogP contribution in [0.4, 0.5) is 0 Å². The Kier molecular flexibility index (Phi) is 7.42. The van der Waals surface area contributed by atoms with Crippen LogP contribution < -0.4 is 33.2 Å². The normalized spacial score (nSPS) is 12.6. The second kappa shape index (κ2) is 11.1. The lowest BCUT2D eigenvalue weighted by atomic mass is 9.88. The largest absolute Gasteiger partial charge is 0.493 e. The highest BCUT2D eigenvalue weighted by Gasteiger charge is 2.26. The van der Waals surface area contributed by atoms with Crippen molar-refractivity contribution in [2.45, 2.75) is 6.42 Å². The van der Waals surface area contributed by atoms with Gasteiger partial charge in [0, 0.05) is 10.9 Å². The van der Waals surface area contributed by atoms with Crippen LogP contribution in [-0.4, -0.2) is 48.6 Å². The molecule has 0 unspecified atom stereocenters. The number of hydrogen-bond donors (Lipinski definition) is 0. The molecule has 206 valence electrons. The van der Waals surface area contributed by atoms with Crippen molar-refractivity contribution in [1.82, 2.24) is 0 Å². The molecule has 0 spiro atoms. The number of methoxy groups -OCH3 is 6. The van der Waals surface area contributed by atoms with Gasteiger partial charge >= 0.3 is 5.97 Å². The molecule has 1 aliphatic rings. The fourth-order valence-electron chi connectivity index (χ4n) is 5.00. The van der Waals surface area contributed by atoms with Crippen molar-refractivity contribution in [2.24, 2.45) is 0 Å². The van der Waals surface area contributed by atoms with E-state index < -0.39 is 0 Å². The Bertz CT molecular complexity index is 1640. The van der Waals surface area contributed by atoms with E-state index in [2.05, 4.69) is 0 Å². The van der Waals surface area contributed by atoms with Gasteiger partial charge in [-0.05, 0) is 70.1 Å². The Morgan fingerprint density at radius 2 is 1.05 bits per heavy atom. The Balaban J connectivity index is 1.86. The molecule has 5 rings (SSSR count). The Morgan fingerprint density at radius 1 is 0.550 bits per heavy atom. The van der Waals surface area contributed by atoms with Gasteiger partial charge in [0.1, 0.15) is 5.75 Å². The molecule has 0 saturated carbocycles. The van der Waals surface area contributed by atoms with Gasteiger partial charge < -0.3 is 33.2 Å². The van der Waals surface area contributed by atoms with Gasteiger partial charge in [-0.15, -0.1) is 0 Å². The zero-order chi connectivity index (χ0) is 28.4. The molecule has 0 N–H and O–H groups in total. The zero-order valence-corrected chi connectivity index (χ0v) is 23.2. The van der Waals surface area contributed by atoms with Crippen molar-refractivity contribution in [2.75, 3.05) is 42.7 Å². The summed E-state index contributed by atoms with van der Waals surface area (Å²) in [6, 6.07) is 17.1. The third-order valence-corrected chi connectivity index (χ3v) is 6.96. The molecule has 0 radical (unpaired) electrons. The van der Waals surface area contributed by atoms with Gasteiger partial charge in [0.15, 0.2) is 34.5 Å². The predicted octanol–water partition coefficient (Wildman–Crippen LogP) is 6.30. The summed E-state index contributed by atoms with van der Waals surface area (Å²) in [5.41, 5.74) is 4.15. The van der Waals surface area contributed by atoms with Crippen LogP contribution in [0.1, 0.15) is 17.5 Å². The summed E-state index contributed by atoms with van der Waals surface area (Å²) < 4.78 is 39.3. The Labute approximate surface area is 232 Å². The van der Waals surface area contributed by atoms with E-state index in [-0.39, 0.29) is 12.4 Å². The fraction of sp³-hybridized carbons (Fsp3) is 0.219. The highest BCUT2D eigenvalue weighted by Crippen LogP contribution is 2.48. The van der Waals surface area contributed by atoms with Gasteiger partial charge in [0.25, 0.3) is 0 Å². The summed E-state index contributed by atoms with van der Waals surface area (Å²) in [6.07, 6.45) is 1.97. The average molecular weight is 543 g/mol. The third-order valence-electron chi connectivity index (χ3n) is 6.96. The molecule has 4 aromatic carbocycles. The van der Waals surface area contributed by atoms with Crippen LogP contribution in [0.2, 0.25) is 0 Å². The molecule has 8 heteroatoms. The smallest absolute Gasteiger partial charge is 0.315 e. The first-order valence-electron chi connectivity index (χ1n) is 12.5. The predicted molar refractivity (Wildman–Crippen MR) is 152 cm³/mol. The minimum Gasteiger partial charge on any atom is -0.493 e. The monoisotopic (exact) mass is 542 g/mol. The maximum absolute atomic E-state index is 12.9. The summed E-state index contributed by atoms with van der Waals surface area (Å²) >= 11 is 0. The van der Waals surface area contributed by atoms with E-state index >= 15 is 0 Å². The molecule has 8 nitrogen and oxygen atoms in total. The average Bonchev–Trinajstić information content (AvgIpc) is 3.17. The zero-order valence-electron chi connectivity index (χ0n) is 23.2. The second-order valence-electron chi connectivity index (χ2n) is 8.99. The molecular weight excluding hydrogens is 512 g/mol. The molecule has 0 saturated heterocycles. The Hall–Kier alpha value is -4.85. The number of carbonyl (C=O) groups is 1. The molecule has 0 amide bonds. The standard InChI is InChI=1S/C32H30O8/c1-34-25-10-7-18(13-27(25)36-3)20-9-12-31(33)40-32-23(20)15-21(19-8-11-26(35-2)28(14-19)37-4)22-16-29(38-5)30(39-6)17-24(22)32/h7-11,13-17H,12H2,1-6H3. The van der Waals surface area contributed by atoms with Gasteiger partial charge in [-0.1, -0.05) is 18.2 Å². The van der Waals surface area contributed by atoms with Crippen molar-refractivity contribution in [3.05, 3.63) is 71.8 Å². The molecule has 0 aromatic heterocycles. The maximum Gasteiger partial charge on any atom is 0.315 e. The first-order valence-corrected chi connectivity index (χ1v) is 12.5. The van der Waals surface area contributed by atoms with Crippen LogP contribution in [0, 0.1) is 0 Å². The summed E-state index contributed by atoms with van der Waals surface area (Å²) in [6.45, 7) is 0. The molecular formula is C32H30O8. The van der Waals surface area contributed by atoms with E-state index in [4.69, 9.17) is 33.2 Å². The molecule has 1 heterocycles. The molecule has 0 atom stereocenters. The second-order valence-corrected chi connectivity index (χ2v) is 8.99. The van der Waals surface area contributed by atoms with Crippen LogP contribution in [0.3, 0.4) is 0 Å².